The van der Waals surface area contributed by atoms with E-state index in [1.54, 1.807) is 6.92 Å². The molecule has 106 valence electrons. The number of nitrogens with one attached hydrogen (secondary N) is 2. The summed E-state index contributed by atoms with van der Waals surface area (Å²) in [5, 5.41) is 14.9. The lowest BCUT2D eigenvalue weighted by Crippen LogP contribution is -2.48. The van der Waals surface area contributed by atoms with Gasteiger partial charge in [-0.15, -0.1) is 0 Å². The Morgan fingerprint density at radius 2 is 2.30 bits per heavy atom. The number of carbonyl (C=O) groups is 1. The van der Waals surface area contributed by atoms with Gasteiger partial charge in [-0.05, 0) is 43.9 Å². The number of hydrogen-bond acceptors (Lipinski definition) is 3. The second kappa shape index (κ2) is 5.68. The Bertz CT molecular complexity index is 568. The quantitative estimate of drug-likeness (QED) is 0.878. The van der Waals surface area contributed by atoms with Crippen LogP contribution in [-0.4, -0.2) is 18.0 Å². The Labute approximate surface area is 121 Å². The van der Waals surface area contributed by atoms with Gasteiger partial charge in [-0.3, -0.25) is 4.79 Å². The first-order chi connectivity index (χ1) is 9.44. The van der Waals surface area contributed by atoms with E-state index in [0.29, 0.717) is 5.02 Å². The van der Waals surface area contributed by atoms with Crippen LogP contribution in [0.15, 0.2) is 18.2 Å². The molecule has 0 radical (unpaired) electrons. The largest absolute Gasteiger partial charge is 0.374 e. The number of benzene rings is 1. The third-order valence-corrected chi connectivity index (χ3v) is 3.63. The van der Waals surface area contributed by atoms with Crippen LogP contribution in [0, 0.1) is 23.1 Å². The van der Waals surface area contributed by atoms with E-state index >= 15 is 0 Å². The molecule has 1 unspecified atom stereocenters. The fourth-order valence-electron chi connectivity index (χ4n) is 2.02. The molecule has 1 saturated carbocycles. The second-order valence-electron chi connectivity index (χ2n) is 5.11. The summed E-state index contributed by atoms with van der Waals surface area (Å²) in [4.78, 5) is 11.8. The third kappa shape index (κ3) is 3.40. The average Bonchev–Trinajstić information content (AvgIpc) is 3.24. The molecule has 6 heteroatoms. The molecule has 0 bridgehead atoms. The van der Waals surface area contributed by atoms with Crippen molar-refractivity contribution >= 4 is 23.2 Å². The molecule has 1 aliphatic rings. The molecule has 20 heavy (non-hydrogen) atoms. The van der Waals surface area contributed by atoms with Gasteiger partial charge in [-0.25, -0.2) is 4.39 Å². The van der Waals surface area contributed by atoms with E-state index in [0.717, 1.165) is 12.8 Å². The van der Waals surface area contributed by atoms with Crippen LogP contribution < -0.4 is 10.6 Å². The molecule has 1 amide bonds. The van der Waals surface area contributed by atoms with E-state index < -0.39 is 11.4 Å². The number of hydrogen-bond donors (Lipinski definition) is 2. The van der Waals surface area contributed by atoms with Crippen LogP contribution >= 0.6 is 11.6 Å². The smallest absolute Gasteiger partial charge is 0.240 e. The number of halogens is 2. The monoisotopic (exact) mass is 295 g/mol. The first-order valence-corrected chi connectivity index (χ1v) is 6.73. The lowest BCUT2D eigenvalue weighted by atomic mass is 9.98. The van der Waals surface area contributed by atoms with Crippen LogP contribution in [0.25, 0.3) is 0 Å². The maximum absolute atomic E-state index is 13.5. The molecule has 4 nitrogen and oxygen atoms in total. The lowest BCUT2D eigenvalue weighted by molar-refractivity contribution is -0.120. The molecule has 1 aromatic rings. The summed E-state index contributed by atoms with van der Waals surface area (Å²) in [7, 11) is 0. The highest BCUT2D eigenvalue weighted by atomic mass is 35.5. The van der Waals surface area contributed by atoms with E-state index in [2.05, 4.69) is 16.7 Å². The fourth-order valence-corrected chi connectivity index (χ4v) is 2.20. The maximum Gasteiger partial charge on any atom is 0.240 e. The average molecular weight is 296 g/mol. The fraction of sp³-hybridized carbons (Fsp3) is 0.429. The summed E-state index contributed by atoms with van der Waals surface area (Å²) < 4.78 is 13.5. The molecule has 1 aromatic carbocycles. The minimum atomic E-state index is -0.842. The van der Waals surface area contributed by atoms with Gasteiger partial charge in [0.15, 0.2) is 0 Å². The summed E-state index contributed by atoms with van der Waals surface area (Å²) in [6.07, 6.45) is 1.89. The molecule has 1 fully saturated rings. The van der Waals surface area contributed by atoms with Crippen LogP contribution in [0.3, 0.4) is 0 Å². The van der Waals surface area contributed by atoms with E-state index in [1.165, 1.54) is 18.2 Å². The van der Waals surface area contributed by atoms with Gasteiger partial charge in [-0.2, -0.15) is 5.26 Å². The highest BCUT2D eigenvalue weighted by molar-refractivity contribution is 6.30. The van der Waals surface area contributed by atoms with Crippen molar-refractivity contribution in [2.45, 2.75) is 25.3 Å². The third-order valence-electron chi connectivity index (χ3n) is 3.39. The minimum absolute atomic E-state index is 0.110. The second-order valence-corrected chi connectivity index (χ2v) is 5.55. The van der Waals surface area contributed by atoms with Gasteiger partial charge in [0.1, 0.15) is 11.4 Å². The van der Waals surface area contributed by atoms with Crippen molar-refractivity contribution in [2.24, 2.45) is 5.92 Å². The van der Waals surface area contributed by atoms with Crippen LogP contribution in [0.5, 0.6) is 0 Å². The molecule has 2 N–H and O–H groups in total. The van der Waals surface area contributed by atoms with Gasteiger partial charge in [0.25, 0.3) is 0 Å². The van der Waals surface area contributed by atoms with Gasteiger partial charge in [-0.1, -0.05) is 11.6 Å². The standard InChI is InChI=1S/C14H15ClFN3O/c1-14(8-17,9-2-3-9)19-13(20)7-18-12-6-10(15)4-5-11(12)16/h4-6,9,18H,2-3,7H2,1H3,(H,19,20). The number of carbonyl (C=O) groups excluding carboxylic acids is 1. The number of amides is 1. The minimum Gasteiger partial charge on any atom is -0.374 e. The molecular weight excluding hydrogens is 281 g/mol. The van der Waals surface area contributed by atoms with E-state index in [4.69, 9.17) is 16.9 Å². The molecule has 1 atom stereocenters. The van der Waals surface area contributed by atoms with Crippen LogP contribution in [-0.2, 0) is 4.79 Å². The highest BCUT2D eigenvalue weighted by Gasteiger charge is 2.42. The number of anilines is 1. The van der Waals surface area contributed by atoms with Crippen molar-refractivity contribution < 1.29 is 9.18 Å². The van der Waals surface area contributed by atoms with Crippen molar-refractivity contribution in [1.82, 2.24) is 5.32 Å². The Morgan fingerprint density at radius 1 is 1.60 bits per heavy atom. The molecule has 0 spiro atoms. The summed E-state index contributed by atoms with van der Waals surface area (Å²) in [5.74, 6) is -0.618. The van der Waals surface area contributed by atoms with Crippen molar-refractivity contribution in [3.05, 3.63) is 29.0 Å². The summed E-state index contributed by atoms with van der Waals surface area (Å²) in [6, 6.07) is 6.21. The Hall–Kier alpha value is -1.80. The number of nitrogens with zero attached hydrogens (tertiary/aromatic N) is 1. The molecule has 0 aromatic heterocycles. The predicted octanol–water partition coefficient (Wildman–Crippen LogP) is 2.70. The van der Waals surface area contributed by atoms with Gasteiger partial charge < -0.3 is 10.6 Å². The van der Waals surface area contributed by atoms with Crippen LogP contribution in [0.2, 0.25) is 5.02 Å². The van der Waals surface area contributed by atoms with E-state index in [1.807, 2.05) is 0 Å². The van der Waals surface area contributed by atoms with E-state index in [9.17, 15) is 9.18 Å². The zero-order valence-electron chi connectivity index (χ0n) is 11.0. The Kier molecular flexibility index (Phi) is 4.15. The van der Waals surface area contributed by atoms with Gasteiger partial charge in [0.05, 0.1) is 18.3 Å². The first-order valence-electron chi connectivity index (χ1n) is 6.36. The molecule has 1 aliphatic carbocycles. The molecule has 0 saturated heterocycles. The predicted molar refractivity (Wildman–Crippen MR) is 74.8 cm³/mol. The summed E-state index contributed by atoms with van der Waals surface area (Å²) >= 11 is 5.76. The molecule has 0 heterocycles. The van der Waals surface area contributed by atoms with E-state index in [-0.39, 0.29) is 24.1 Å². The molecule has 2 rings (SSSR count). The Morgan fingerprint density at radius 3 is 2.90 bits per heavy atom. The van der Waals surface area contributed by atoms with Crippen molar-refractivity contribution in [2.75, 3.05) is 11.9 Å². The van der Waals surface area contributed by atoms with Crippen LogP contribution in [0.1, 0.15) is 19.8 Å². The van der Waals surface area contributed by atoms with Gasteiger partial charge in [0, 0.05) is 5.02 Å². The summed E-state index contributed by atoms with van der Waals surface area (Å²) in [5.41, 5.74) is -0.677. The SMILES string of the molecule is CC(C#N)(NC(=O)CNc1cc(Cl)ccc1F)C1CC1. The lowest BCUT2D eigenvalue weighted by Gasteiger charge is -2.23. The van der Waals surface area contributed by atoms with Crippen LogP contribution in [0.4, 0.5) is 10.1 Å². The zero-order chi connectivity index (χ0) is 14.8. The van der Waals surface area contributed by atoms with Crippen molar-refractivity contribution in [1.29, 1.82) is 5.26 Å². The van der Waals surface area contributed by atoms with Gasteiger partial charge in [0.2, 0.25) is 5.91 Å². The topological polar surface area (TPSA) is 64.9 Å². The number of nitriles is 1. The first kappa shape index (κ1) is 14.6. The molecular formula is C14H15ClFN3O. The van der Waals surface area contributed by atoms with Crippen molar-refractivity contribution in [3.8, 4) is 6.07 Å². The van der Waals surface area contributed by atoms with Gasteiger partial charge >= 0.3 is 0 Å². The Balaban J connectivity index is 1.92. The normalized spacial score (nSPS) is 16.9. The highest BCUT2D eigenvalue weighted by Crippen LogP contribution is 2.39. The zero-order valence-corrected chi connectivity index (χ0v) is 11.8. The molecule has 0 aliphatic heterocycles. The van der Waals surface area contributed by atoms with Crippen molar-refractivity contribution in [3.63, 3.8) is 0 Å². The maximum atomic E-state index is 13.5. The number of rotatable bonds is 5. The summed E-state index contributed by atoms with van der Waals surface area (Å²) in [6.45, 7) is 1.60.